The minimum absolute atomic E-state index is 0.198. The number of carbonyl (C=O) groups is 1. The van der Waals surface area contributed by atoms with Crippen molar-refractivity contribution in [2.75, 3.05) is 19.8 Å². The average molecular weight is 1190 g/mol. The molecule has 0 radical (unpaired) electrons. The fraction of sp³-hybridized carbons (Fsp3) is 0.986. The maximum atomic E-state index is 13.3. The molecule has 0 aromatic carbocycles. The van der Waals surface area contributed by atoms with Gasteiger partial charge in [-0.3, -0.25) is 4.79 Å². The largest absolute Gasteiger partial charge is 0.394 e. The standard InChI is InChI=1S/C69H135NO13/c1-3-5-7-9-11-13-15-17-19-20-21-22-23-24-25-26-27-28-29-30-31-32-33-34-35-36-37-38-39-41-43-45-47-49-51-53-61(74)70-57(58(73)52-50-48-46-44-42-40-18-16-14-12-10-8-6-4-2)56-80-68-66(79)64(77)67(60(55-72)82-68)83-69-65(78)63(76)62(75)59(54-71)81-69/h57-60,62-69,71-73,75-79H,3-56H2,1-2H3,(H,70,74)/t57-,58+,59+,60+,62-,63?,64?,65?,66?,67+,68+,69-/m0/s1. The summed E-state index contributed by atoms with van der Waals surface area (Å²) in [4.78, 5) is 13.3. The molecule has 9 N–H and O–H groups in total. The molecule has 2 aliphatic rings. The summed E-state index contributed by atoms with van der Waals surface area (Å²) in [6.45, 7) is 2.91. The summed E-state index contributed by atoms with van der Waals surface area (Å²) in [7, 11) is 0. The van der Waals surface area contributed by atoms with Gasteiger partial charge >= 0.3 is 0 Å². The first-order valence-corrected chi connectivity index (χ1v) is 35.8. The number of hydrogen-bond donors (Lipinski definition) is 9. The molecule has 14 nitrogen and oxygen atoms in total. The highest BCUT2D eigenvalue weighted by Gasteiger charge is 2.51. The van der Waals surface area contributed by atoms with Gasteiger partial charge in [-0.25, -0.2) is 0 Å². The van der Waals surface area contributed by atoms with Crippen molar-refractivity contribution in [3.8, 4) is 0 Å². The Kier molecular flexibility index (Phi) is 51.8. The van der Waals surface area contributed by atoms with E-state index in [1.165, 1.54) is 263 Å². The number of nitrogens with one attached hydrogen (secondary N) is 1. The molecule has 0 saturated carbocycles. The number of carbonyl (C=O) groups excluding carboxylic acids is 1. The van der Waals surface area contributed by atoms with Crippen molar-refractivity contribution in [1.82, 2.24) is 5.32 Å². The van der Waals surface area contributed by atoms with E-state index in [0.717, 1.165) is 51.4 Å². The summed E-state index contributed by atoms with van der Waals surface area (Å²) in [6.07, 6.45) is 48.6. The summed E-state index contributed by atoms with van der Waals surface area (Å²) >= 11 is 0. The van der Waals surface area contributed by atoms with Crippen molar-refractivity contribution >= 4 is 5.91 Å². The van der Waals surface area contributed by atoms with E-state index >= 15 is 0 Å². The molecule has 0 aromatic rings. The Hall–Kier alpha value is -1.01. The maximum absolute atomic E-state index is 13.3. The average Bonchev–Trinajstić information content (AvgIpc) is 3.64. The van der Waals surface area contributed by atoms with E-state index in [0.29, 0.717) is 12.8 Å². The molecule has 4 unspecified atom stereocenters. The number of unbranched alkanes of at least 4 members (excludes halogenated alkanes) is 47. The number of amides is 1. The van der Waals surface area contributed by atoms with Crippen LogP contribution in [-0.4, -0.2) is 140 Å². The molecule has 0 aromatic heterocycles. The number of aliphatic hydroxyl groups is 8. The van der Waals surface area contributed by atoms with Crippen molar-refractivity contribution in [3.63, 3.8) is 0 Å². The first-order chi connectivity index (χ1) is 40.6. The Morgan fingerprint density at radius 1 is 0.386 bits per heavy atom. The molecule has 14 heteroatoms. The third kappa shape index (κ3) is 39.6. The normalized spacial score (nSPS) is 23.7. The van der Waals surface area contributed by atoms with Crippen LogP contribution in [0.4, 0.5) is 0 Å². The summed E-state index contributed by atoms with van der Waals surface area (Å²) in [5, 5.41) is 87.4. The quantitative estimate of drug-likeness (QED) is 0.0259. The van der Waals surface area contributed by atoms with E-state index in [1.54, 1.807) is 0 Å². The second-order valence-electron chi connectivity index (χ2n) is 25.7. The van der Waals surface area contributed by atoms with E-state index in [9.17, 15) is 45.6 Å². The first-order valence-electron chi connectivity index (χ1n) is 35.8. The Morgan fingerprint density at radius 2 is 0.687 bits per heavy atom. The van der Waals surface area contributed by atoms with Crippen molar-refractivity contribution < 1.29 is 64.6 Å². The van der Waals surface area contributed by atoms with Crippen molar-refractivity contribution in [3.05, 3.63) is 0 Å². The van der Waals surface area contributed by atoms with Gasteiger partial charge in [0.25, 0.3) is 0 Å². The molecule has 2 aliphatic heterocycles. The van der Waals surface area contributed by atoms with Crippen LogP contribution in [0, 0.1) is 0 Å². The summed E-state index contributed by atoms with van der Waals surface area (Å²) in [5.74, 6) is -0.198. The third-order valence-electron chi connectivity index (χ3n) is 18.1. The molecule has 2 fully saturated rings. The molecule has 0 aliphatic carbocycles. The van der Waals surface area contributed by atoms with Crippen molar-refractivity contribution in [2.24, 2.45) is 0 Å². The maximum Gasteiger partial charge on any atom is 0.220 e. The Balaban J connectivity index is 1.57. The smallest absolute Gasteiger partial charge is 0.220 e. The summed E-state index contributed by atoms with van der Waals surface area (Å²) in [6, 6.07) is -0.823. The van der Waals surface area contributed by atoms with Gasteiger partial charge in [0, 0.05) is 6.42 Å². The molecule has 2 saturated heterocycles. The zero-order valence-electron chi connectivity index (χ0n) is 53.7. The van der Waals surface area contributed by atoms with Crippen LogP contribution in [0.5, 0.6) is 0 Å². The number of rotatable bonds is 60. The highest BCUT2D eigenvalue weighted by Crippen LogP contribution is 2.30. The zero-order chi connectivity index (χ0) is 60.2. The van der Waals surface area contributed by atoms with Crippen LogP contribution in [0.2, 0.25) is 0 Å². The lowest BCUT2D eigenvalue weighted by Crippen LogP contribution is -2.65. The second-order valence-corrected chi connectivity index (χ2v) is 25.7. The summed E-state index contributed by atoms with van der Waals surface area (Å²) < 4.78 is 22.9. The molecule has 12 atom stereocenters. The second kappa shape index (κ2) is 55.1. The van der Waals surface area contributed by atoms with E-state index in [2.05, 4.69) is 19.2 Å². The van der Waals surface area contributed by atoms with Gasteiger partial charge in [-0.15, -0.1) is 0 Å². The van der Waals surface area contributed by atoms with Crippen molar-refractivity contribution in [2.45, 2.75) is 415 Å². The SMILES string of the molecule is CCCCCCCCCCCCCCCCCCCCCCCCCCCCCCCCCCCCCC(=O)N[C@@H](CO[C@@H]1O[C@H](CO)[C@@H](O[C@@H]2O[C@H](CO)[C@H](O)C(O)C2O)C(O)C1O)[C@H](O)CCCCCCCCCCCCCCCC. The van der Waals surface area contributed by atoms with Gasteiger partial charge < -0.3 is 65.1 Å². The Morgan fingerprint density at radius 3 is 1.02 bits per heavy atom. The summed E-state index contributed by atoms with van der Waals surface area (Å²) in [5.41, 5.74) is 0. The fourth-order valence-electron chi connectivity index (χ4n) is 12.4. The zero-order valence-corrected chi connectivity index (χ0v) is 53.7. The molecule has 2 heterocycles. The monoisotopic (exact) mass is 1190 g/mol. The van der Waals surface area contributed by atoms with Crippen LogP contribution in [0.15, 0.2) is 0 Å². The topological polar surface area (TPSA) is 228 Å². The highest BCUT2D eigenvalue weighted by atomic mass is 16.7. The predicted octanol–water partition coefficient (Wildman–Crippen LogP) is 14.4. The van der Waals surface area contributed by atoms with E-state index in [4.69, 9.17) is 18.9 Å². The van der Waals surface area contributed by atoms with Crippen LogP contribution in [0.25, 0.3) is 0 Å². The van der Waals surface area contributed by atoms with Gasteiger partial charge in [-0.05, 0) is 12.8 Å². The minimum atomic E-state index is -1.78. The van der Waals surface area contributed by atoms with E-state index < -0.39 is 86.8 Å². The van der Waals surface area contributed by atoms with E-state index in [-0.39, 0.29) is 12.5 Å². The van der Waals surface area contributed by atoms with Gasteiger partial charge in [-0.2, -0.15) is 0 Å². The third-order valence-corrected chi connectivity index (χ3v) is 18.1. The van der Waals surface area contributed by atoms with Crippen LogP contribution >= 0.6 is 0 Å². The van der Waals surface area contributed by atoms with Gasteiger partial charge in [0.2, 0.25) is 5.91 Å². The minimum Gasteiger partial charge on any atom is -0.394 e. The molecule has 494 valence electrons. The molecular weight excluding hydrogens is 1050 g/mol. The molecule has 1 amide bonds. The number of aliphatic hydroxyl groups excluding tert-OH is 8. The lowest BCUT2D eigenvalue weighted by Gasteiger charge is -2.46. The van der Waals surface area contributed by atoms with Crippen LogP contribution < -0.4 is 5.32 Å². The lowest BCUT2D eigenvalue weighted by atomic mass is 9.97. The van der Waals surface area contributed by atoms with Crippen LogP contribution in [0.3, 0.4) is 0 Å². The van der Waals surface area contributed by atoms with Crippen LogP contribution in [0.1, 0.15) is 341 Å². The van der Waals surface area contributed by atoms with Gasteiger partial charge in [-0.1, -0.05) is 322 Å². The van der Waals surface area contributed by atoms with Gasteiger partial charge in [0.1, 0.15) is 48.8 Å². The molecule has 2 rings (SSSR count). The number of hydrogen-bond acceptors (Lipinski definition) is 13. The highest BCUT2D eigenvalue weighted by molar-refractivity contribution is 5.76. The predicted molar refractivity (Wildman–Crippen MR) is 337 cm³/mol. The van der Waals surface area contributed by atoms with Gasteiger partial charge in [0.15, 0.2) is 12.6 Å². The molecule has 0 spiro atoms. The van der Waals surface area contributed by atoms with Crippen LogP contribution in [-0.2, 0) is 23.7 Å². The lowest BCUT2D eigenvalue weighted by molar-refractivity contribution is -0.359. The molecule has 0 bridgehead atoms. The molecular formula is C69H135NO13. The fourth-order valence-corrected chi connectivity index (χ4v) is 12.4. The Labute approximate surface area is 508 Å². The molecule has 83 heavy (non-hydrogen) atoms. The first kappa shape index (κ1) is 78.1. The Bertz CT molecular complexity index is 1400. The van der Waals surface area contributed by atoms with Gasteiger partial charge in [0.05, 0.1) is 32.0 Å². The number of ether oxygens (including phenoxy) is 4. The van der Waals surface area contributed by atoms with E-state index in [1.807, 2.05) is 0 Å². The van der Waals surface area contributed by atoms with Crippen molar-refractivity contribution in [1.29, 1.82) is 0 Å².